The first-order valence-electron chi connectivity index (χ1n) is 4.74. The van der Waals surface area contributed by atoms with E-state index in [-0.39, 0.29) is 11.9 Å². The Morgan fingerprint density at radius 3 is 2.86 bits per heavy atom. The highest BCUT2D eigenvalue weighted by molar-refractivity contribution is 5.26. The summed E-state index contributed by atoms with van der Waals surface area (Å²) in [7, 11) is 0. The lowest BCUT2D eigenvalue weighted by Gasteiger charge is -2.13. The summed E-state index contributed by atoms with van der Waals surface area (Å²) < 4.78 is 18.5. The summed E-state index contributed by atoms with van der Waals surface area (Å²) in [5, 5.41) is 0. The van der Waals surface area contributed by atoms with Gasteiger partial charge in [0.2, 0.25) is 0 Å². The summed E-state index contributed by atoms with van der Waals surface area (Å²) in [5.41, 5.74) is 7.32. The van der Waals surface area contributed by atoms with Gasteiger partial charge in [-0.15, -0.1) is 0 Å². The van der Waals surface area contributed by atoms with Crippen LogP contribution in [0.2, 0.25) is 0 Å². The van der Waals surface area contributed by atoms with Crippen LogP contribution in [-0.2, 0) is 4.74 Å². The first kappa shape index (κ1) is 11.1. The SMILES string of the molecule is CCOCC(N)c1cc(C)ccc1F. The van der Waals surface area contributed by atoms with Crippen LogP contribution in [0.15, 0.2) is 18.2 Å². The van der Waals surface area contributed by atoms with Gasteiger partial charge in [0.1, 0.15) is 5.82 Å². The standard InChI is InChI=1S/C11H16FNO/c1-3-14-7-11(13)9-6-8(2)4-5-10(9)12/h4-6,11H,3,7,13H2,1-2H3. The van der Waals surface area contributed by atoms with Gasteiger partial charge >= 0.3 is 0 Å². The molecule has 0 saturated heterocycles. The van der Waals surface area contributed by atoms with Crippen molar-refractivity contribution in [1.29, 1.82) is 0 Å². The third-order valence-corrected chi connectivity index (χ3v) is 2.05. The van der Waals surface area contributed by atoms with E-state index in [1.807, 2.05) is 13.8 Å². The molecule has 0 bridgehead atoms. The van der Waals surface area contributed by atoms with E-state index in [1.165, 1.54) is 6.07 Å². The summed E-state index contributed by atoms with van der Waals surface area (Å²) in [6.45, 7) is 4.76. The second-order valence-corrected chi connectivity index (χ2v) is 3.29. The van der Waals surface area contributed by atoms with Crippen LogP contribution in [0.4, 0.5) is 4.39 Å². The lowest BCUT2D eigenvalue weighted by molar-refractivity contribution is 0.132. The van der Waals surface area contributed by atoms with E-state index in [9.17, 15) is 4.39 Å². The Morgan fingerprint density at radius 2 is 2.21 bits per heavy atom. The Bertz CT molecular complexity index is 301. The Morgan fingerprint density at radius 1 is 1.50 bits per heavy atom. The molecular formula is C11H16FNO. The lowest BCUT2D eigenvalue weighted by Crippen LogP contribution is -2.18. The van der Waals surface area contributed by atoms with E-state index < -0.39 is 0 Å². The number of hydrogen-bond acceptors (Lipinski definition) is 2. The third-order valence-electron chi connectivity index (χ3n) is 2.05. The minimum Gasteiger partial charge on any atom is -0.380 e. The van der Waals surface area contributed by atoms with Gasteiger partial charge in [0.25, 0.3) is 0 Å². The molecule has 14 heavy (non-hydrogen) atoms. The van der Waals surface area contributed by atoms with Crippen LogP contribution in [-0.4, -0.2) is 13.2 Å². The highest BCUT2D eigenvalue weighted by atomic mass is 19.1. The predicted molar refractivity (Wildman–Crippen MR) is 54.6 cm³/mol. The van der Waals surface area contributed by atoms with Crippen molar-refractivity contribution in [1.82, 2.24) is 0 Å². The molecule has 0 spiro atoms. The van der Waals surface area contributed by atoms with Crippen LogP contribution < -0.4 is 5.73 Å². The van der Waals surface area contributed by atoms with Crippen LogP contribution in [0.25, 0.3) is 0 Å². The van der Waals surface area contributed by atoms with E-state index in [1.54, 1.807) is 12.1 Å². The minimum atomic E-state index is -0.380. The Labute approximate surface area is 83.9 Å². The third kappa shape index (κ3) is 2.79. The maximum Gasteiger partial charge on any atom is 0.128 e. The zero-order valence-corrected chi connectivity index (χ0v) is 8.59. The molecule has 1 aromatic carbocycles. The normalized spacial score (nSPS) is 12.9. The Hall–Kier alpha value is -0.930. The quantitative estimate of drug-likeness (QED) is 0.802. The Kier molecular flexibility index (Phi) is 4.04. The van der Waals surface area contributed by atoms with E-state index in [0.717, 1.165) is 5.56 Å². The van der Waals surface area contributed by atoms with Crippen LogP contribution in [0.1, 0.15) is 24.1 Å². The molecule has 3 heteroatoms. The van der Waals surface area contributed by atoms with Gasteiger partial charge in [0.15, 0.2) is 0 Å². The number of ether oxygens (including phenoxy) is 1. The number of rotatable bonds is 4. The maximum atomic E-state index is 13.3. The van der Waals surface area contributed by atoms with Crippen LogP contribution in [0.3, 0.4) is 0 Å². The highest BCUT2D eigenvalue weighted by Crippen LogP contribution is 2.16. The molecule has 0 amide bonds. The zero-order chi connectivity index (χ0) is 10.6. The predicted octanol–water partition coefficient (Wildman–Crippen LogP) is 2.17. The lowest BCUT2D eigenvalue weighted by atomic mass is 10.1. The molecule has 0 aromatic heterocycles. The number of aryl methyl sites for hydroxylation is 1. The second-order valence-electron chi connectivity index (χ2n) is 3.29. The first-order chi connectivity index (χ1) is 6.65. The summed E-state index contributed by atoms with van der Waals surface area (Å²) in [6, 6.07) is 4.55. The second kappa shape index (κ2) is 5.08. The van der Waals surface area contributed by atoms with Crippen LogP contribution in [0.5, 0.6) is 0 Å². The van der Waals surface area contributed by atoms with Gasteiger partial charge in [-0.3, -0.25) is 0 Å². The summed E-state index contributed by atoms with van der Waals surface area (Å²) in [5.74, 6) is -0.261. The molecule has 2 N–H and O–H groups in total. The molecular weight excluding hydrogens is 181 g/mol. The summed E-state index contributed by atoms with van der Waals surface area (Å²) in [6.07, 6.45) is 0. The van der Waals surface area contributed by atoms with Crippen LogP contribution in [0, 0.1) is 12.7 Å². The molecule has 1 aromatic rings. The average molecular weight is 197 g/mol. The van der Waals surface area contributed by atoms with Crippen molar-refractivity contribution in [2.24, 2.45) is 5.73 Å². The molecule has 2 nitrogen and oxygen atoms in total. The molecule has 1 atom stereocenters. The van der Waals surface area contributed by atoms with Gasteiger partial charge in [-0.05, 0) is 19.9 Å². The van der Waals surface area contributed by atoms with Crippen molar-refractivity contribution in [3.8, 4) is 0 Å². The van der Waals surface area contributed by atoms with Crippen molar-refractivity contribution < 1.29 is 9.13 Å². The van der Waals surface area contributed by atoms with Crippen molar-refractivity contribution in [2.45, 2.75) is 19.9 Å². The van der Waals surface area contributed by atoms with Gasteiger partial charge < -0.3 is 10.5 Å². The fourth-order valence-electron chi connectivity index (χ4n) is 1.28. The molecule has 0 saturated carbocycles. The van der Waals surface area contributed by atoms with Crippen molar-refractivity contribution >= 4 is 0 Å². The van der Waals surface area contributed by atoms with Gasteiger partial charge in [-0.2, -0.15) is 0 Å². The van der Waals surface area contributed by atoms with Crippen molar-refractivity contribution in [3.05, 3.63) is 35.1 Å². The fraction of sp³-hybridized carbons (Fsp3) is 0.455. The molecule has 0 aliphatic heterocycles. The highest BCUT2D eigenvalue weighted by Gasteiger charge is 2.11. The van der Waals surface area contributed by atoms with E-state index in [4.69, 9.17) is 10.5 Å². The molecule has 0 aliphatic rings. The number of benzene rings is 1. The smallest absolute Gasteiger partial charge is 0.128 e. The van der Waals surface area contributed by atoms with Gasteiger partial charge in [-0.1, -0.05) is 17.7 Å². The molecule has 0 radical (unpaired) electrons. The van der Waals surface area contributed by atoms with Gasteiger partial charge in [0.05, 0.1) is 12.6 Å². The van der Waals surface area contributed by atoms with Crippen LogP contribution >= 0.6 is 0 Å². The van der Waals surface area contributed by atoms with Gasteiger partial charge in [-0.25, -0.2) is 4.39 Å². The fourth-order valence-corrected chi connectivity index (χ4v) is 1.28. The largest absolute Gasteiger partial charge is 0.380 e. The monoisotopic (exact) mass is 197 g/mol. The summed E-state index contributed by atoms with van der Waals surface area (Å²) in [4.78, 5) is 0. The molecule has 1 rings (SSSR count). The van der Waals surface area contributed by atoms with E-state index in [2.05, 4.69) is 0 Å². The van der Waals surface area contributed by atoms with E-state index in [0.29, 0.717) is 18.8 Å². The van der Waals surface area contributed by atoms with E-state index >= 15 is 0 Å². The van der Waals surface area contributed by atoms with Crippen molar-refractivity contribution in [2.75, 3.05) is 13.2 Å². The minimum absolute atomic E-state index is 0.261. The number of nitrogens with two attached hydrogens (primary N) is 1. The number of hydrogen-bond donors (Lipinski definition) is 1. The molecule has 0 aliphatic carbocycles. The van der Waals surface area contributed by atoms with Gasteiger partial charge in [0, 0.05) is 12.2 Å². The topological polar surface area (TPSA) is 35.2 Å². The molecule has 0 fully saturated rings. The molecule has 78 valence electrons. The Balaban J connectivity index is 2.77. The average Bonchev–Trinajstić information content (AvgIpc) is 2.18. The molecule has 1 unspecified atom stereocenters. The number of halogens is 1. The first-order valence-corrected chi connectivity index (χ1v) is 4.74. The zero-order valence-electron chi connectivity index (χ0n) is 8.59. The molecule has 0 heterocycles. The summed E-state index contributed by atoms with van der Waals surface area (Å²) >= 11 is 0. The maximum absolute atomic E-state index is 13.3. The van der Waals surface area contributed by atoms with Crippen molar-refractivity contribution in [3.63, 3.8) is 0 Å².